The third kappa shape index (κ3) is 1.79. The molecule has 0 radical (unpaired) electrons. The summed E-state index contributed by atoms with van der Waals surface area (Å²) in [4.78, 5) is 0. The van der Waals surface area contributed by atoms with Crippen LogP contribution in [0.25, 0.3) is 0 Å². The zero-order valence-corrected chi connectivity index (χ0v) is 10.7. The molecule has 0 amide bonds. The molecule has 0 bridgehead atoms. The summed E-state index contributed by atoms with van der Waals surface area (Å²) in [6, 6.07) is 8.24. The number of fused-ring (bicyclic) bond motifs is 3. The number of hydrogen-bond donors (Lipinski definition) is 1. The van der Waals surface area contributed by atoms with E-state index in [0.717, 1.165) is 12.8 Å². The molecule has 1 aromatic rings. The van der Waals surface area contributed by atoms with Gasteiger partial charge in [0.05, 0.1) is 11.0 Å². The average Bonchev–Trinajstić information content (AvgIpc) is 2.27. The molecular formula is C13H17NO2S. The molecule has 0 spiro atoms. The van der Waals surface area contributed by atoms with Crippen molar-refractivity contribution in [3.8, 4) is 0 Å². The fourth-order valence-corrected chi connectivity index (χ4v) is 5.30. The maximum atomic E-state index is 12.2. The Balaban J connectivity index is 2.08. The molecule has 1 aromatic carbocycles. The van der Waals surface area contributed by atoms with Gasteiger partial charge in [-0.2, -0.15) is 0 Å². The standard InChI is InChI=1S/C13H17NO2S/c1-9-8-17(15,16)12-7-6-10-4-2-3-5-11(10)13(12)14-9/h2-5,9,12-14H,6-8H2,1H3. The lowest BCUT2D eigenvalue weighted by molar-refractivity contribution is 0.391. The van der Waals surface area contributed by atoms with Crippen molar-refractivity contribution in [2.75, 3.05) is 5.75 Å². The molecule has 3 rings (SSSR count). The fourth-order valence-electron chi connectivity index (χ4n) is 3.14. The lowest BCUT2D eigenvalue weighted by Crippen LogP contribution is -2.53. The fraction of sp³-hybridized carbons (Fsp3) is 0.538. The summed E-state index contributed by atoms with van der Waals surface area (Å²) < 4.78 is 24.4. The van der Waals surface area contributed by atoms with Crippen LogP contribution in [0.4, 0.5) is 0 Å². The molecule has 1 aliphatic heterocycles. The molecule has 0 aromatic heterocycles. The quantitative estimate of drug-likeness (QED) is 0.759. The Morgan fingerprint density at radius 3 is 2.88 bits per heavy atom. The third-order valence-electron chi connectivity index (χ3n) is 3.87. The number of hydrogen-bond acceptors (Lipinski definition) is 3. The van der Waals surface area contributed by atoms with E-state index in [0.29, 0.717) is 0 Å². The molecule has 92 valence electrons. The van der Waals surface area contributed by atoms with Gasteiger partial charge in [-0.05, 0) is 30.9 Å². The number of benzene rings is 1. The summed E-state index contributed by atoms with van der Waals surface area (Å²) in [5.74, 6) is 0.274. The van der Waals surface area contributed by atoms with Crippen molar-refractivity contribution >= 4 is 9.84 Å². The van der Waals surface area contributed by atoms with Crippen LogP contribution in [0.5, 0.6) is 0 Å². The van der Waals surface area contributed by atoms with Gasteiger partial charge in [0.2, 0.25) is 0 Å². The van der Waals surface area contributed by atoms with Crippen LogP contribution in [0.1, 0.15) is 30.5 Å². The normalized spacial score (nSPS) is 34.8. The highest BCUT2D eigenvalue weighted by molar-refractivity contribution is 7.92. The molecule has 1 heterocycles. The largest absolute Gasteiger partial charge is 0.305 e. The van der Waals surface area contributed by atoms with Crippen LogP contribution < -0.4 is 5.32 Å². The van der Waals surface area contributed by atoms with Gasteiger partial charge in [-0.3, -0.25) is 0 Å². The molecule has 3 nitrogen and oxygen atoms in total. The van der Waals surface area contributed by atoms with Crippen LogP contribution in [0, 0.1) is 0 Å². The second-order valence-corrected chi connectivity index (χ2v) is 7.42. The molecule has 1 fully saturated rings. The zero-order chi connectivity index (χ0) is 12.0. The highest BCUT2D eigenvalue weighted by atomic mass is 32.2. The molecule has 2 aliphatic rings. The van der Waals surface area contributed by atoms with Gasteiger partial charge in [-0.25, -0.2) is 8.42 Å². The number of rotatable bonds is 0. The summed E-state index contributed by atoms with van der Waals surface area (Å²) in [6.45, 7) is 1.95. The minimum Gasteiger partial charge on any atom is -0.305 e. The predicted molar refractivity (Wildman–Crippen MR) is 67.7 cm³/mol. The van der Waals surface area contributed by atoms with E-state index in [-0.39, 0.29) is 23.1 Å². The van der Waals surface area contributed by atoms with Crippen LogP contribution in [0.3, 0.4) is 0 Å². The summed E-state index contributed by atoms with van der Waals surface area (Å²) >= 11 is 0. The van der Waals surface area contributed by atoms with Crippen LogP contribution in [0.2, 0.25) is 0 Å². The summed E-state index contributed by atoms with van der Waals surface area (Å²) in [7, 11) is -2.94. The maximum Gasteiger partial charge on any atom is 0.156 e. The van der Waals surface area contributed by atoms with E-state index >= 15 is 0 Å². The monoisotopic (exact) mass is 251 g/mol. The minimum absolute atomic E-state index is 0.00583. The zero-order valence-electron chi connectivity index (χ0n) is 9.89. The summed E-state index contributed by atoms with van der Waals surface area (Å²) in [5, 5.41) is 3.22. The van der Waals surface area contributed by atoms with E-state index in [4.69, 9.17) is 0 Å². The van der Waals surface area contributed by atoms with E-state index in [2.05, 4.69) is 17.4 Å². The summed E-state index contributed by atoms with van der Waals surface area (Å²) in [5.41, 5.74) is 2.48. The van der Waals surface area contributed by atoms with Gasteiger partial charge in [0, 0.05) is 12.1 Å². The lowest BCUT2D eigenvalue weighted by Gasteiger charge is -2.40. The first kappa shape index (κ1) is 11.2. The van der Waals surface area contributed by atoms with E-state index in [9.17, 15) is 8.42 Å². The number of sulfone groups is 1. The van der Waals surface area contributed by atoms with E-state index in [1.54, 1.807) is 0 Å². The number of aryl methyl sites for hydroxylation is 1. The van der Waals surface area contributed by atoms with Crippen molar-refractivity contribution in [3.63, 3.8) is 0 Å². The van der Waals surface area contributed by atoms with Gasteiger partial charge in [0.25, 0.3) is 0 Å². The SMILES string of the molecule is CC1CS(=O)(=O)C2CCc3ccccc3C2N1. The first-order chi connectivity index (χ1) is 8.08. The second-order valence-electron chi connectivity index (χ2n) is 5.15. The highest BCUT2D eigenvalue weighted by Gasteiger charge is 2.42. The Morgan fingerprint density at radius 1 is 1.29 bits per heavy atom. The molecule has 1 aliphatic carbocycles. The highest BCUT2D eigenvalue weighted by Crippen LogP contribution is 2.37. The minimum atomic E-state index is -2.94. The van der Waals surface area contributed by atoms with Crippen LogP contribution in [-0.2, 0) is 16.3 Å². The Labute approximate surface area is 102 Å². The van der Waals surface area contributed by atoms with Crippen molar-refractivity contribution in [1.82, 2.24) is 5.32 Å². The van der Waals surface area contributed by atoms with Crippen LogP contribution in [-0.4, -0.2) is 25.5 Å². The third-order valence-corrected chi connectivity index (χ3v) is 6.26. The van der Waals surface area contributed by atoms with Crippen molar-refractivity contribution in [3.05, 3.63) is 35.4 Å². The van der Waals surface area contributed by atoms with Gasteiger partial charge < -0.3 is 5.32 Å². The molecule has 1 N–H and O–H groups in total. The van der Waals surface area contributed by atoms with Gasteiger partial charge in [0.15, 0.2) is 9.84 Å². The number of nitrogens with one attached hydrogen (secondary N) is 1. The van der Waals surface area contributed by atoms with Gasteiger partial charge >= 0.3 is 0 Å². The Morgan fingerprint density at radius 2 is 2.06 bits per heavy atom. The van der Waals surface area contributed by atoms with E-state index in [1.165, 1.54) is 11.1 Å². The van der Waals surface area contributed by atoms with E-state index in [1.807, 2.05) is 19.1 Å². The molecular weight excluding hydrogens is 234 g/mol. The van der Waals surface area contributed by atoms with Crippen molar-refractivity contribution < 1.29 is 8.42 Å². The molecule has 0 saturated carbocycles. The molecule has 3 unspecified atom stereocenters. The van der Waals surface area contributed by atoms with E-state index < -0.39 is 9.84 Å². The van der Waals surface area contributed by atoms with Crippen molar-refractivity contribution in [1.29, 1.82) is 0 Å². The lowest BCUT2D eigenvalue weighted by atomic mass is 9.87. The summed E-state index contributed by atoms with van der Waals surface area (Å²) in [6.07, 6.45) is 1.64. The Kier molecular flexibility index (Phi) is 2.52. The van der Waals surface area contributed by atoms with Crippen molar-refractivity contribution in [2.24, 2.45) is 0 Å². The maximum absolute atomic E-state index is 12.2. The topological polar surface area (TPSA) is 46.2 Å². The Hall–Kier alpha value is -0.870. The molecule has 17 heavy (non-hydrogen) atoms. The first-order valence-electron chi connectivity index (χ1n) is 6.13. The molecule has 1 saturated heterocycles. The molecule has 3 atom stereocenters. The molecule has 4 heteroatoms. The smallest absolute Gasteiger partial charge is 0.156 e. The predicted octanol–water partition coefficient (Wildman–Crippen LogP) is 1.45. The Bertz CT molecular complexity index is 538. The van der Waals surface area contributed by atoms with Crippen LogP contribution >= 0.6 is 0 Å². The first-order valence-corrected chi connectivity index (χ1v) is 7.85. The van der Waals surface area contributed by atoms with Gasteiger partial charge in [0.1, 0.15) is 0 Å². The second kappa shape index (κ2) is 3.82. The van der Waals surface area contributed by atoms with Gasteiger partial charge in [-0.15, -0.1) is 0 Å². The average molecular weight is 251 g/mol. The van der Waals surface area contributed by atoms with Crippen molar-refractivity contribution in [2.45, 2.75) is 37.1 Å². The van der Waals surface area contributed by atoms with Crippen LogP contribution in [0.15, 0.2) is 24.3 Å². The van der Waals surface area contributed by atoms with Gasteiger partial charge in [-0.1, -0.05) is 24.3 Å².